The molecule has 2 aliphatic rings. The highest BCUT2D eigenvalue weighted by atomic mass is 35.5. The van der Waals surface area contributed by atoms with Crippen LogP contribution < -0.4 is 20.4 Å². The number of H-pyrrole nitrogens is 1. The van der Waals surface area contributed by atoms with E-state index in [-0.39, 0.29) is 5.82 Å². The number of urea groups is 1. The van der Waals surface area contributed by atoms with Crippen LogP contribution in [0.3, 0.4) is 0 Å². The predicted octanol–water partition coefficient (Wildman–Crippen LogP) is 8.56. The molecule has 2 saturated heterocycles. The number of hydrogen-bond acceptors (Lipinski definition) is 10. The van der Waals surface area contributed by atoms with Gasteiger partial charge in [-0.1, -0.05) is 115 Å². The van der Waals surface area contributed by atoms with Crippen LogP contribution in [0.5, 0.6) is 0 Å². The van der Waals surface area contributed by atoms with Gasteiger partial charge in [-0.15, -0.1) is 0 Å². The monoisotopic (exact) mass is 922 g/mol. The third-order valence-corrected chi connectivity index (χ3v) is 12.4. The molecule has 0 bridgehead atoms. The number of benzene rings is 4. The second-order valence-corrected chi connectivity index (χ2v) is 17.0. The van der Waals surface area contributed by atoms with Crippen LogP contribution in [0.4, 0.5) is 26.6 Å². The highest BCUT2D eigenvalue weighted by molar-refractivity contribution is 6.30. The van der Waals surface area contributed by atoms with Gasteiger partial charge >= 0.3 is 6.03 Å². The molecule has 2 aliphatic heterocycles. The van der Waals surface area contributed by atoms with Crippen LogP contribution in [-0.2, 0) is 15.0 Å². The lowest BCUT2D eigenvalue weighted by Crippen LogP contribution is -2.40. The van der Waals surface area contributed by atoms with Crippen LogP contribution in [0.15, 0.2) is 127 Å². The Kier molecular flexibility index (Phi) is 13.4. The maximum Gasteiger partial charge on any atom is 0.320 e. The molecule has 0 radical (unpaired) electrons. The summed E-state index contributed by atoms with van der Waals surface area (Å²) in [5.74, 6) is 1.71. The van der Waals surface area contributed by atoms with Crippen molar-refractivity contribution >= 4 is 56.9 Å². The van der Waals surface area contributed by atoms with E-state index in [0.29, 0.717) is 43.0 Å². The summed E-state index contributed by atoms with van der Waals surface area (Å²) in [6.07, 6.45) is -0.878. The summed E-state index contributed by atoms with van der Waals surface area (Å²) in [6, 6.07) is 39.8. The number of aromatic amines is 1. The summed E-state index contributed by atoms with van der Waals surface area (Å²) in [5, 5.41) is 30.7. The zero-order chi connectivity index (χ0) is 46.5. The number of aryl methyl sites for hydroxylation is 2. The average molecular weight is 923 g/mol. The Morgan fingerprint density at radius 3 is 1.81 bits per heavy atom. The van der Waals surface area contributed by atoms with Crippen LogP contribution in [-0.4, -0.2) is 99.8 Å². The molecular formula is C51H52ClFN10O4. The summed E-state index contributed by atoms with van der Waals surface area (Å²) < 4.78 is 26.4. The van der Waals surface area contributed by atoms with Crippen LogP contribution in [0.2, 0.25) is 5.15 Å². The summed E-state index contributed by atoms with van der Waals surface area (Å²) in [7, 11) is 0. The summed E-state index contributed by atoms with van der Waals surface area (Å²) in [4.78, 5) is 26.1. The normalized spacial score (nSPS) is 15.2. The first-order valence-electron chi connectivity index (χ1n) is 22.4. The molecule has 0 saturated carbocycles. The fourth-order valence-electron chi connectivity index (χ4n) is 9.14. The fraction of sp³-hybridized carbons (Fsp3) is 0.275. The van der Waals surface area contributed by atoms with E-state index in [1.165, 1.54) is 24.3 Å². The number of morpholine rings is 2. The molecule has 0 unspecified atom stereocenters. The van der Waals surface area contributed by atoms with Gasteiger partial charge in [-0.05, 0) is 55.2 Å². The number of hydrogen-bond donors (Lipinski definition) is 4. The first-order valence-corrected chi connectivity index (χ1v) is 22.7. The summed E-state index contributed by atoms with van der Waals surface area (Å²) in [6.45, 7) is 11.2. The Morgan fingerprint density at radius 1 is 0.746 bits per heavy atom. The van der Waals surface area contributed by atoms with E-state index in [4.69, 9.17) is 26.2 Å². The van der Waals surface area contributed by atoms with Gasteiger partial charge in [-0.25, -0.2) is 23.8 Å². The third kappa shape index (κ3) is 9.28. The number of amides is 2. The molecule has 344 valence electrons. The van der Waals surface area contributed by atoms with Gasteiger partial charge < -0.3 is 29.7 Å². The average Bonchev–Trinajstić information content (AvgIpc) is 3.96. The van der Waals surface area contributed by atoms with Crippen molar-refractivity contribution in [1.29, 1.82) is 0 Å². The Labute approximate surface area is 392 Å². The highest BCUT2D eigenvalue weighted by Gasteiger charge is 2.42. The van der Waals surface area contributed by atoms with Gasteiger partial charge in [0.05, 0.1) is 71.8 Å². The number of carbonyl (C=O) groups is 1. The SMILES string of the molecule is Cc1nc(Cl)cc2c1c(N1CCOCC1)nn2C(c1ccccc1)(c1ccccc1)c1ccccc1.Cc1nc(NC(=O)N[C@@H](c2ccc(F)cc2)[C@@H](C)O)cc2[nH]nc(N3CCOCC3)c12. The Hall–Kier alpha value is -6.91. The minimum absolute atomic E-state index is 0.350. The molecule has 6 heterocycles. The number of aliphatic hydroxyl groups is 1. The predicted molar refractivity (Wildman–Crippen MR) is 260 cm³/mol. The summed E-state index contributed by atoms with van der Waals surface area (Å²) in [5.41, 5.74) is 6.52. The lowest BCUT2D eigenvalue weighted by Gasteiger charge is -2.37. The van der Waals surface area contributed by atoms with E-state index in [9.17, 15) is 14.3 Å². The van der Waals surface area contributed by atoms with Crippen molar-refractivity contribution in [2.75, 3.05) is 67.7 Å². The molecule has 4 aromatic carbocycles. The standard InChI is InChI=1S/C30H27ClN4O.C21H25FN6O3/c1-22-28-26(21-27(31)32-22)35(33-29(28)34-17-19-36-20-18-34)30(23-11-5-2-6-12-23,24-13-7-3-8-14-24)25-15-9-4-10-16-25;1-12-18-16(26-27-20(18)28-7-9-31-10-8-28)11-17(23-12)24-21(30)25-19(13(2)29)14-3-5-15(22)6-4-14/h2-16,21H,17-20H2,1H3;3-6,11,13,19,29H,7-10H2,1-2H3,(H,26,27)(H2,23,24,25,30)/t;13-,19-/m.1/s1. The Balaban J connectivity index is 0.000000170. The van der Waals surface area contributed by atoms with Crippen LogP contribution in [0, 0.1) is 19.7 Å². The van der Waals surface area contributed by atoms with E-state index in [0.717, 1.165) is 87.7 Å². The van der Waals surface area contributed by atoms with E-state index in [1.54, 1.807) is 13.0 Å². The number of fused-ring (bicyclic) bond motifs is 2. The lowest BCUT2D eigenvalue weighted by molar-refractivity contribution is 0.122. The van der Waals surface area contributed by atoms with Gasteiger partial charge in [0.1, 0.15) is 22.3 Å². The number of aromatic nitrogens is 6. The number of anilines is 3. The molecular weight excluding hydrogens is 871 g/mol. The van der Waals surface area contributed by atoms with Gasteiger partial charge in [0.2, 0.25) is 0 Å². The molecule has 8 aromatic rings. The topological polar surface area (TPSA) is 159 Å². The van der Waals surface area contributed by atoms with Crippen molar-refractivity contribution in [3.05, 3.63) is 172 Å². The second-order valence-electron chi connectivity index (χ2n) is 16.6. The molecule has 0 spiro atoms. The van der Waals surface area contributed by atoms with Crippen molar-refractivity contribution in [2.24, 2.45) is 0 Å². The zero-order valence-corrected chi connectivity index (χ0v) is 38.3. The van der Waals surface area contributed by atoms with E-state index in [1.807, 2.05) is 19.9 Å². The van der Waals surface area contributed by atoms with Gasteiger partial charge in [0.15, 0.2) is 11.6 Å². The molecule has 10 rings (SSSR count). The number of pyridine rings is 2. The number of aliphatic hydroxyl groups excluding tert-OH is 1. The first-order chi connectivity index (χ1) is 32.6. The molecule has 4 N–H and O–H groups in total. The van der Waals surface area contributed by atoms with Crippen molar-refractivity contribution in [3.8, 4) is 0 Å². The minimum Gasteiger partial charge on any atom is -0.391 e. The molecule has 2 amide bonds. The summed E-state index contributed by atoms with van der Waals surface area (Å²) >= 11 is 6.59. The smallest absolute Gasteiger partial charge is 0.320 e. The van der Waals surface area contributed by atoms with E-state index >= 15 is 0 Å². The molecule has 16 heteroatoms. The number of nitrogens with zero attached hydrogens (tertiary/aromatic N) is 7. The van der Waals surface area contributed by atoms with Crippen LogP contribution in [0.1, 0.15) is 46.6 Å². The van der Waals surface area contributed by atoms with Gasteiger partial charge in [-0.3, -0.25) is 10.4 Å². The first kappa shape index (κ1) is 45.3. The molecule has 4 aromatic heterocycles. The highest BCUT2D eigenvalue weighted by Crippen LogP contribution is 2.45. The molecule has 2 atom stereocenters. The minimum atomic E-state index is -0.878. The number of ether oxygens (including phenoxy) is 2. The fourth-order valence-corrected chi connectivity index (χ4v) is 9.37. The maximum absolute atomic E-state index is 13.2. The molecule has 0 aliphatic carbocycles. The number of rotatable bonds is 10. The van der Waals surface area contributed by atoms with Crippen LogP contribution in [0.25, 0.3) is 21.8 Å². The Bertz CT molecular complexity index is 2850. The zero-order valence-electron chi connectivity index (χ0n) is 37.5. The third-order valence-electron chi connectivity index (χ3n) is 12.3. The molecule has 14 nitrogen and oxygen atoms in total. The number of halogens is 2. The van der Waals surface area contributed by atoms with Crippen molar-refractivity contribution in [1.82, 2.24) is 35.3 Å². The second kappa shape index (κ2) is 19.9. The molecule has 2 fully saturated rings. The van der Waals surface area contributed by atoms with E-state index in [2.05, 4.69) is 136 Å². The van der Waals surface area contributed by atoms with Gasteiger partial charge in [0, 0.05) is 38.3 Å². The Morgan fingerprint density at radius 2 is 1.27 bits per heavy atom. The van der Waals surface area contributed by atoms with E-state index < -0.39 is 23.7 Å². The number of nitrogens with one attached hydrogen (secondary N) is 3. The van der Waals surface area contributed by atoms with Gasteiger partial charge in [-0.2, -0.15) is 10.2 Å². The van der Waals surface area contributed by atoms with Gasteiger partial charge in [0.25, 0.3) is 0 Å². The maximum atomic E-state index is 13.2. The largest absolute Gasteiger partial charge is 0.391 e. The van der Waals surface area contributed by atoms with Crippen LogP contribution >= 0.6 is 11.6 Å². The van der Waals surface area contributed by atoms with Crippen molar-refractivity contribution in [3.63, 3.8) is 0 Å². The lowest BCUT2D eigenvalue weighted by atomic mass is 9.77. The number of carbonyl (C=O) groups excluding carboxylic acids is 1. The molecule has 67 heavy (non-hydrogen) atoms. The van der Waals surface area contributed by atoms with Crippen molar-refractivity contribution in [2.45, 2.75) is 38.5 Å². The quantitative estimate of drug-likeness (QED) is 0.0774. The van der Waals surface area contributed by atoms with Crippen molar-refractivity contribution < 1.29 is 23.8 Å².